The predicted octanol–water partition coefficient (Wildman–Crippen LogP) is 4.51. The van der Waals surface area contributed by atoms with Gasteiger partial charge in [0.25, 0.3) is 0 Å². The number of alkyl halides is 1. The molecule has 1 heteroatoms. The lowest BCUT2D eigenvalue weighted by molar-refractivity contribution is 0.607. The normalized spacial score (nSPS) is 11.9. The summed E-state index contributed by atoms with van der Waals surface area (Å²) >= 11 is 3.57. The molecule has 2 aromatic carbocycles. The van der Waals surface area contributed by atoms with Crippen LogP contribution in [-0.4, -0.2) is 5.33 Å². The summed E-state index contributed by atoms with van der Waals surface area (Å²) in [5.74, 6) is 0. The molecule has 0 N–H and O–H groups in total. The second-order valence-electron chi connectivity index (χ2n) is 4.58. The van der Waals surface area contributed by atoms with Gasteiger partial charge < -0.3 is 0 Å². The van der Waals surface area contributed by atoms with Crippen molar-refractivity contribution in [2.24, 2.45) is 0 Å². The van der Waals surface area contributed by atoms with Crippen molar-refractivity contribution in [1.82, 2.24) is 0 Å². The minimum Gasteiger partial charge on any atom is -0.0919 e. The molecule has 0 bridgehead atoms. The first-order chi connectivity index (χ1) is 7.13. The van der Waals surface area contributed by atoms with Crippen molar-refractivity contribution < 1.29 is 0 Å². The van der Waals surface area contributed by atoms with E-state index in [4.69, 9.17) is 0 Å². The summed E-state index contributed by atoms with van der Waals surface area (Å²) in [5, 5.41) is 3.62. The maximum atomic E-state index is 3.57. The minimum atomic E-state index is 0.198. The highest BCUT2D eigenvalue weighted by atomic mass is 79.9. The van der Waals surface area contributed by atoms with Gasteiger partial charge in [-0.05, 0) is 21.8 Å². The Kier molecular flexibility index (Phi) is 2.83. The summed E-state index contributed by atoms with van der Waals surface area (Å²) in [6.45, 7) is 4.51. The van der Waals surface area contributed by atoms with Crippen LogP contribution >= 0.6 is 15.9 Å². The molecule has 2 rings (SSSR count). The van der Waals surface area contributed by atoms with Gasteiger partial charge >= 0.3 is 0 Å². The third-order valence-electron chi connectivity index (χ3n) is 2.87. The molecule has 0 nitrogen and oxygen atoms in total. The fourth-order valence-corrected chi connectivity index (χ4v) is 2.01. The molecule has 78 valence electrons. The average Bonchev–Trinajstić information content (AvgIpc) is 2.28. The van der Waals surface area contributed by atoms with Crippen molar-refractivity contribution >= 4 is 26.7 Å². The smallest absolute Gasteiger partial charge is 0.0123 e. The van der Waals surface area contributed by atoms with Crippen molar-refractivity contribution in [2.75, 3.05) is 5.33 Å². The van der Waals surface area contributed by atoms with Crippen molar-refractivity contribution in [1.29, 1.82) is 0 Å². The van der Waals surface area contributed by atoms with Crippen LogP contribution in [0.3, 0.4) is 0 Å². The molecule has 0 unspecified atom stereocenters. The Morgan fingerprint density at radius 1 is 1.00 bits per heavy atom. The van der Waals surface area contributed by atoms with Crippen LogP contribution in [-0.2, 0) is 5.41 Å². The third-order valence-corrected chi connectivity index (χ3v) is 4.27. The van der Waals surface area contributed by atoms with Gasteiger partial charge in [0.05, 0.1) is 0 Å². The maximum absolute atomic E-state index is 3.57. The Morgan fingerprint density at radius 3 is 2.33 bits per heavy atom. The lowest BCUT2D eigenvalue weighted by atomic mass is 9.86. The molecule has 0 aliphatic rings. The van der Waals surface area contributed by atoms with Crippen LogP contribution in [0.15, 0.2) is 42.5 Å². The summed E-state index contributed by atoms with van der Waals surface area (Å²) in [5.41, 5.74) is 1.59. The van der Waals surface area contributed by atoms with Crippen LogP contribution in [0, 0.1) is 0 Å². The van der Waals surface area contributed by atoms with E-state index in [1.165, 1.54) is 16.3 Å². The molecule has 0 saturated carbocycles. The van der Waals surface area contributed by atoms with Gasteiger partial charge in [-0.25, -0.2) is 0 Å². The van der Waals surface area contributed by atoms with Crippen LogP contribution < -0.4 is 0 Å². The number of rotatable bonds is 2. The van der Waals surface area contributed by atoms with Crippen molar-refractivity contribution in [3.05, 3.63) is 48.0 Å². The lowest BCUT2D eigenvalue weighted by Gasteiger charge is -2.22. The monoisotopic (exact) mass is 262 g/mol. The zero-order chi connectivity index (χ0) is 10.9. The number of hydrogen-bond acceptors (Lipinski definition) is 0. The molecular weight excluding hydrogens is 248 g/mol. The largest absolute Gasteiger partial charge is 0.0919 e. The van der Waals surface area contributed by atoms with Crippen LogP contribution in [0.25, 0.3) is 10.8 Å². The van der Waals surface area contributed by atoms with E-state index in [0.29, 0.717) is 0 Å². The maximum Gasteiger partial charge on any atom is 0.0123 e. The van der Waals surface area contributed by atoms with Crippen LogP contribution in [0.1, 0.15) is 19.4 Å². The molecule has 0 heterocycles. The third kappa shape index (κ3) is 2.07. The molecule has 0 amide bonds. The van der Waals surface area contributed by atoms with E-state index in [-0.39, 0.29) is 5.41 Å². The fourth-order valence-electron chi connectivity index (χ4n) is 1.69. The SMILES string of the molecule is CC(C)(CBr)c1ccc2ccccc2c1. The van der Waals surface area contributed by atoms with Crippen molar-refractivity contribution in [2.45, 2.75) is 19.3 Å². The number of halogens is 1. The van der Waals surface area contributed by atoms with Crippen LogP contribution in [0.4, 0.5) is 0 Å². The van der Waals surface area contributed by atoms with E-state index in [1.54, 1.807) is 0 Å². The second-order valence-corrected chi connectivity index (χ2v) is 5.14. The highest BCUT2D eigenvalue weighted by Crippen LogP contribution is 2.28. The van der Waals surface area contributed by atoms with E-state index >= 15 is 0 Å². The zero-order valence-electron chi connectivity index (χ0n) is 9.13. The number of hydrogen-bond donors (Lipinski definition) is 0. The first-order valence-electron chi connectivity index (χ1n) is 5.19. The molecule has 0 saturated heterocycles. The lowest BCUT2D eigenvalue weighted by Crippen LogP contribution is -2.18. The molecule has 15 heavy (non-hydrogen) atoms. The summed E-state index contributed by atoms with van der Waals surface area (Å²) in [6, 6.07) is 15.2. The summed E-state index contributed by atoms with van der Waals surface area (Å²) in [7, 11) is 0. The van der Waals surface area contributed by atoms with Crippen LogP contribution in [0.2, 0.25) is 0 Å². The van der Waals surface area contributed by atoms with Gasteiger partial charge in [0.15, 0.2) is 0 Å². The molecular formula is C14H15Br. The Balaban J connectivity index is 2.56. The average molecular weight is 263 g/mol. The topological polar surface area (TPSA) is 0 Å². The Hall–Kier alpha value is -0.820. The van der Waals surface area contributed by atoms with E-state index in [9.17, 15) is 0 Å². The van der Waals surface area contributed by atoms with E-state index in [2.05, 4.69) is 72.2 Å². The van der Waals surface area contributed by atoms with E-state index in [1.807, 2.05) is 0 Å². The molecule has 0 spiro atoms. The van der Waals surface area contributed by atoms with Crippen molar-refractivity contribution in [3.63, 3.8) is 0 Å². The van der Waals surface area contributed by atoms with Gasteiger partial charge in [-0.1, -0.05) is 72.2 Å². The van der Waals surface area contributed by atoms with Crippen LogP contribution in [0.5, 0.6) is 0 Å². The minimum absolute atomic E-state index is 0.198. The summed E-state index contributed by atoms with van der Waals surface area (Å²) in [6.07, 6.45) is 0. The molecule has 0 atom stereocenters. The Labute approximate surface area is 99.4 Å². The fraction of sp³-hybridized carbons (Fsp3) is 0.286. The Morgan fingerprint density at radius 2 is 1.67 bits per heavy atom. The molecule has 0 radical (unpaired) electrons. The van der Waals surface area contributed by atoms with Crippen molar-refractivity contribution in [3.8, 4) is 0 Å². The second kappa shape index (κ2) is 3.97. The molecule has 0 aliphatic carbocycles. The highest BCUT2D eigenvalue weighted by Gasteiger charge is 2.18. The molecule has 0 fully saturated rings. The Bertz CT molecular complexity index is 471. The van der Waals surface area contributed by atoms with E-state index < -0.39 is 0 Å². The first-order valence-corrected chi connectivity index (χ1v) is 6.31. The predicted molar refractivity (Wildman–Crippen MR) is 70.8 cm³/mol. The molecule has 0 aliphatic heterocycles. The number of benzene rings is 2. The summed E-state index contributed by atoms with van der Waals surface area (Å²) < 4.78 is 0. The zero-order valence-corrected chi connectivity index (χ0v) is 10.7. The molecule has 0 aromatic heterocycles. The van der Waals surface area contributed by atoms with Gasteiger partial charge in [-0.2, -0.15) is 0 Å². The first kappa shape index (κ1) is 10.7. The van der Waals surface area contributed by atoms with Gasteiger partial charge in [0.1, 0.15) is 0 Å². The number of fused-ring (bicyclic) bond motifs is 1. The van der Waals surface area contributed by atoms with Gasteiger partial charge in [0, 0.05) is 5.33 Å². The molecule has 2 aromatic rings. The standard InChI is InChI=1S/C14H15Br/c1-14(2,10-15)13-8-7-11-5-3-4-6-12(11)9-13/h3-9H,10H2,1-2H3. The highest BCUT2D eigenvalue weighted by molar-refractivity contribution is 9.09. The van der Waals surface area contributed by atoms with E-state index in [0.717, 1.165) is 5.33 Å². The summed E-state index contributed by atoms with van der Waals surface area (Å²) in [4.78, 5) is 0. The van der Waals surface area contributed by atoms with Gasteiger partial charge in [-0.15, -0.1) is 0 Å². The van der Waals surface area contributed by atoms with Gasteiger partial charge in [-0.3, -0.25) is 0 Å². The quantitative estimate of drug-likeness (QED) is 0.699. The van der Waals surface area contributed by atoms with Gasteiger partial charge in [0.2, 0.25) is 0 Å².